The van der Waals surface area contributed by atoms with Gasteiger partial charge in [0.1, 0.15) is 0 Å². The maximum Gasteiger partial charge on any atom is 0.232 e. The van der Waals surface area contributed by atoms with Crippen molar-refractivity contribution in [3.8, 4) is 0 Å². The predicted octanol–water partition coefficient (Wildman–Crippen LogP) is 3.16. The van der Waals surface area contributed by atoms with Crippen molar-refractivity contribution >= 4 is 11.8 Å². The Morgan fingerprint density at radius 2 is 1.95 bits per heavy atom. The van der Waals surface area contributed by atoms with E-state index in [1.54, 1.807) is 0 Å². The molecule has 1 aromatic rings. The number of nitrogens with zero attached hydrogens (tertiary/aromatic N) is 2. The van der Waals surface area contributed by atoms with Crippen LogP contribution in [0.3, 0.4) is 0 Å². The topological polar surface area (TPSA) is 64.9 Å². The van der Waals surface area contributed by atoms with E-state index < -0.39 is 0 Å². The Balaban J connectivity index is 1.63. The van der Waals surface area contributed by atoms with Crippen LogP contribution in [0.2, 0.25) is 0 Å². The number of thioether (sulfide) groups is 1. The lowest BCUT2D eigenvalue weighted by Crippen LogP contribution is -2.26. The summed E-state index contributed by atoms with van der Waals surface area (Å²) in [5.41, 5.74) is 6.10. The van der Waals surface area contributed by atoms with Crippen molar-refractivity contribution in [1.29, 1.82) is 0 Å². The van der Waals surface area contributed by atoms with Crippen LogP contribution < -0.4 is 5.73 Å². The molecule has 1 aliphatic heterocycles. The lowest BCUT2D eigenvalue weighted by atomic mass is 9.77. The highest BCUT2D eigenvalue weighted by atomic mass is 32.2. The quantitative estimate of drug-likeness (QED) is 0.928. The van der Waals surface area contributed by atoms with Crippen LogP contribution >= 0.6 is 11.8 Å². The molecule has 112 valence electrons. The average Bonchev–Trinajstić information content (AvgIpc) is 3.07. The average molecular weight is 295 g/mol. The van der Waals surface area contributed by atoms with Crippen molar-refractivity contribution in [2.45, 2.75) is 57.4 Å². The molecule has 2 heterocycles. The Kier molecular flexibility index (Phi) is 4.36. The number of nitrogens with two attached hydrogens (primary N) is 1. The zero-order chi connectivity index (χ0) is 14.1. The Labute approximate surface area is 125 Å². The summed E-state index contributed by atoms with van der Waals surface area (Å²) in [6, 6.07) is 0.171. The van der Waals surface area contributed by atoms with Crippen molar-refractivity contribution in [1.82, 2.24) is 10.1 Å². The number of hydrogen-bond donors (Lipinski definition) is 1. The van der Waals surface area contributed by atoms with Gasteiger partial charge in [-0.15, -0.1) is 0 Å². The molecule has 1 saturated carbocycles. The van der Waals surface area contributed by atoms with Gasteiger partial charge < -0.3 is 10.3 Å². The lowest BCUT2D eigenvalue weighted by molar-refractivity contribution is 0.251. The van der Waals surface area contributed by atoms with E-state index in [9.17, 15) is 0 Å². The first-order valence-electron chi connectivity index (χ1n) is 7.82. The Morgan fingerprint density at radius 3 is 2.55 bits per heavy atom. The summed E-state index contributed by atoms with van der Waals surface area (Å²) < 4.78 is 5.49. The van der Waals surface area contributed by atoms with Crippen LogP contribution in [-0.2, 0) is 0 Å². The summed E-state index contributed by atoms with van der Waals surface area (Å²) in [6.45, 7) is 4.66. The molecule has 2 aliphatic rings. The van der Waals surface area contributed by atoms with E-state index in [0.29, 0.717) is 5.92 Å². The van der Waals surface area contributed by atoms with Gasteiger partial charge in [0.15, 0.2) is 5.82 Å². The van der Waals surface area contributed by atoms with Crippen LogP contribution in [-0.4, -0.2) is 27.7 Å². The molecule has 2 atom stereocenters. The fourth-order valence-corrected chi connectivity index (χ4v) is 4.72. The van der Waals surface area contributed by atoms with Gasteiger partial charge in [0.2, 0.25) is 5.89 Å². The summed E-state index contributed by atoms with van der Waals surface area (Å²) in [5, 5.41) is 4.24. The van der Waals surface area contributed by atoms with Gasteiger partial charge >= 0.3 is 0 Å². The smallest absolute Gasteiger partial charge is 0.232 e. The predicted molar refractivity (Wildman–Crippen MR) is 81.9 cm³/mol. The monoisotopic (exact) mass is 295 g/mol. The Hall–Kier alpha value is -0.550. The lowest BCUT2D eigenvalue weighted by Gasteiger charge is -2.29. The van der Waals surface area contributed by atoms with Gasteiger partial charge in [0, 0.05) is 23.5 Å². The molecule has 5 heteroatoms. The molecule has 2 fully saturated rings. The van der Waals surface area contributed by atoms with Crippen LogP contribution in [0.15, 0.2) is 4.52 Å². The second-order valence-corrected chi connectivity index (χ2v) is 7.73. The molecule has 1 aliphatic carbocycles. The third-order valence-corrected chi connectivity index (χ3v) is 6.19. The summed E-state index contributed by atoms with van der Waals surface area (Å²) in [4.78, 5) is 4.67. The van der Waals surface area contributed by atoms with E-state index >= 15 is 0 Å². The number of rotatable bonds is 3. The van der Waals surface area contributed by atoms with Crippen LogP contribution in [0, 0.1) is 11.8 Å². The molecular weight excluding hydrogens is 270 g/mol. The van der Waals surface area contributed by atoms with Crippen molar-refractivity contribution < 1.29 is 4.52 Å². The first-order chi connectivity index (χ1) is 9.65. The van der Waals surface area contributed by atoms with Crippen molar-refractivity contribution in [2.75, 3.05) is 11.5 Å². The summed E-state index contributed by atoms with van der Waals surface area (Å²) in [7, 11) is 0. The molecule has 2 N–H and O–H groups in total. The molecule has 0 aromatic carbocycles. The van der Waals surface area contributed by atoms with Gasteiger partial charge in [-0.3, -0.25) is 0 Å². The molecule has 20 heavy (non-hydrogen) atoms. The molecule has 0 spiro atoms. The van der Waals surface area contributed by atoms with E-state index in [1.165, 1.54) is 25.7 Å². The molecular formula is C15H25N3OS. The van der Waals surface area contributed by atoms with Gasteiger partial charge in [-0.1, -0.05) is 19.0 Å². The number of hydrogen-bond acceptors (Lipinski definition) is 5. The molecule has 0 radical (unpaired) electrons. The fourth-order valence-electron chi connectivity index (χ4n) is 3.43. The highest BCUT2D eigenvalue weighted by molar-refractivity contribution is 7.99. The minimum atomic E-state index is 0.171. The summed E-state index contributed by atoms with van der Waals surface area (Å²) in [6.07, 6.45) is 5.00. The van der Waals surface area contributed by atoms with Gasteiger partial charge in [-0.2, -0.15) is 16.7 Å². The van der Waals surface area contributed by atoms with E-state index in [1.807, 2.05) is 11.8 Å². The first-order valence-corrected chi connectivity index (χ1v) is 8.97. The third kappa shape index (κ3) is 2.89. The highest BCUT2D eigenvalue weighted by Gasteiger charge is 2.33. The van der Waals surface area contributed by atoms with Gasteiger partial charge in [0.25, 0.3) is 0 Å². The standard InChI is InChI=1S/C15H25N3OS/c1-9(2)10-3-5-11(6-4-10)14-17-15(19-18-14)12-7-20-8-13(12)16/h9-13H,3-8,16H2,1-2H3. The minimum Gasteiger partial charge on any atom is -0.339 e. The minimum absolute atomic E-state index is 0.171. The van der Waals surface area contributed by atoms with Crippen molar-refractivity contribution in [3.05, 3.63) is 11.7 Å². The van der Waals surface area contributed by atoms with Gasteiger partial charge in [0.05, 0.1) is 5.92 Å². The van der Waals surface area contributed by atoms with Crippen molar-refractivity contribution in [3.63, 3.8) is 0 Å². The molecule has 2 unspecified atom stereocenters. The largest absolute Gasteiger partial charge is 0.339 e. The first kappa shape index (κ1) is 14.4. The Morgan fingerprint density at radius 1 is 1.20 bits per heavy atom. The van der Waals surface area contributed by atoms with Crippen LogP contribution in [0.25, 0.3) is 0 Å². The molecule has 1 saturated heterocycles. The van der Waals surface area contributed by atoms with E-state index in [-0.39, 0.29) is 12.0 Å². The van der Waals surface area contributed by atoms with Crippen LogP contribution in [0.5, 0.6) is 0 Å². The van der Waals surface area contributed by atoms with Gasteiger partial charge in [-0.05, 0) is 37.5 Å². The second-order valence-electron chi connectivity index (χ2n) is 6.65. The van der Waals surface area contributed by atoms with E-state index in [4.69, 9.17) is 10.3 Å². The maximum atomic E-state index is 6.10. The van der Waals surface area contributed by atoms with E-state index in [0.717, 1.165) is 35.1 Å². The zero-order valence-corrected chi connectivity index (χ0v) is 13.2. The third-order valence-electron chi connectivity index (χ3n) is 4.98. The molecule has 1 aromatic heterocycles. The molecule has 0 amide bonds. The highest BCUT2D eigenvalue weighted by Crippen LogP contribution is 2.38. The molecule has 4 nitrogen and oxygen atoms in total. The normalized spacial score (nSPS) is 34.8. The SMILES string of the molecule is CC(C)C1CCC(c2noc(C3CSCC3N)n2)CC1. The van der Waals surface area contributed by atoms with Crippen LogP contribution in [0.1, 0.15) is 63.1 Å². The van der Waals surface area contributed by atoms with Crippen LogP contribution in [0.4, 0.5) is 0 Å². The fraction of sp³-hybridized carbons (Fsp3) is 0.867. The van der Waals surface area contributed by atoms with E-state index in [2.05, 4.69) is 24.0 Å². The zero-order valence-electron chi connectivity index (χ0n) is 12.4. The summed E-state index contributed by atoms with van der Waals surface area (Å²) in [5.74, 6) is 6.13. The molecule has 3 rings (SSSR count). The molecule has 0 bridgehead atoms. The Bertz CT molecular complexity index is 440. The van der Waals surface area contributed by atoms with Gasteiger partial charge in [-0.25, -0.2) is 0 Å². The number of aromatic nitrogens is 2. The maximum absolute atomic E-state index is 6.10. The summed E-state index contributed by atoms with van der Waals surface area (Å²) >= 11 is 1.88. The second kappa shape index (κ2) is 6.06. The van der Waals surface area contributed by atoms with Crippen molar-refractivity contribution in [2.24, 2.45) is 17.6 Å².